The lowest BCUT2D eigenvalue weighted by molar-refractivity contribution is 0.199. The maximum absolute atomic E-state index is 12.1. The normalized spacial score (nSPS) is 12.0. The maximum Gasteiger partial charge on any atom is 0.178 e. The van der Waals surface area contributed by atoms with Crippen molar-refractivity contribution >= 4 is 9.84 Å². The summed E-state index contributed by atoms with van der Waals surface area (Å²) in [6, 6.07) is 7.22. The van der Waals surface area contributed by atoms with E-state index in [4.69, 9.17) is 4.74 Å². The van der Waals surface area contributed by atoms with Gasteiger partial charge in [0, 0.05) is 13.7 Å². The largest absolute Gasteiger partial charge is 0.383 e. The third-order valence-electron chi connectivity index (χ3n) is 3.16. The lowest BCUT2D eigenvalue weighted by atomic mass is 10.0. The second-order valence-electron chi connectivity index (χ2n) is 5.14. The molecule has 0 spiro atoms. The van der Waals surface area contributed by atoms with Crippen molar-refractivity contribution in [2.45, 2.75) is 31.1 Å². The fraction of sp³-hybridized carbons (Fsp3) is 0.600. The first-order chi connectivity index (χ1) is 9.47. The Balaban J connectivity index is 2.47. The molecule has 0 radical (unpaired) electrons. The zero-order chi connectivity index (χ0) is 15.0. The molecule has 0 aliphatic carbocycles. The molecular formula is C15H25NO3S. The van der Waals surface area contributed by atoms with E-state index in [1.54, 1.807) is 19.2 Å². The average Bonchev–Trinajstić information content (AvgIpc) is 2.43. The van der Waals surface area contributed by atoms with E-state index in [9.17, 15) is 8.42 Å². The Labute approximate surface area is 122 Å². The SMILES string of the molecule is COCCNCCCS(=O)(=O)c1ccc(C(C)C)cc1. The van der Waals surface area contributed by atoms with Crippen molar-refractivity contribution in [3.05, 3.63) is 29.8 Å². The molecule has 0 aliphatic rings. The van der Waals surface area contributed by atoms with E-state index in [2.05, 4.69) is 19.2 Å². The highest BCUT2D eigenvalue weighted by atomic mass is 32.2. The van der Waals surface area contributed by atoms with Crippen molar-refractivity contribution in [3.8, 4) is 0 Å². The molecule has 1 rings (SSSR count). The Hall–Kier alpha value is -0.910. The summed E-state index contributed by atoms with van der Waals surface area (Å²) in [7, 11) is -1.52. The zero-order valence-electron chi connectivity index (χ0n) is 12.6. The lowest BCUT2D eigenvalue weighted by Crippen LogP contribution is -2.22. The Morgan fingerprint density at radius 2 is 1.80 bits per heavy atom. The summed E-state index contributed by atoms with van der Waals surface area (Å²) in [5, 5.41) is 3.14. The molecule has 0 heterocycles. The van der Waals surface area contributed by atoms with E-state index in [1.807, 2.05) is 12.1 Å². The van der Waals surface area contributed by atoms with E-state index in [0.717, 1.165) is 12.1 Å². The maximum atomic E-state index is 12.1. The minimum atomic E-state index is -3.17. The quantitative estimate of drug-likeness (QED) is 0.710. The molecule has 0 amide bonds. The van der Waals surface area contributed by atoms with E-state index in [0.29, 0.717) is 30.4 Å². The molecule has 20 heavy (non-hydrogen) atoms. The van der Waals surface area contributed by atoms with Crippen LogP contribution in [-0.4, -0.2) is 41.0 Å². The third kappa shape index (κ3) is 5.61. The van der Waals surface area contributed by atoms with Crippen LogP contribution in [0.5, 0.6) is 0 Å². The molecule has 0 aliphatic heterocycles. The molecular weight excluding hydrogens is 274 g/mol. The number of benzene rings is 1. The van der Waals surface area contributed by atoms with Crippen LogP contribution < -0.4 is 5.32 Å². The first-order valence-corrected chi connectivity index (χ1v) is 8.65. The summed E-state index contributed by atoms with van der Waals surface area (Å²) in [5.41, 5.74) is 1.16. The highest BCUT2D eigenvalue weighted by Gasteiger charge is 2.13. The number of methoxy groups -OCH3 is 1. The van der Waals surface area contributed by atoms with Crippen LogP contribution >= 0.6 is 0 Å². The van der Waals surface area contributed by atoms with Crippen LogP contribution in [0.3, 0.4) is 0 Å². The number of nitrogens with one attached hydrogen (secondary N) is 1. The van der Waals surface area contributed by atoms with Crippen molar-refractivity contribution in [2.24, 2.45) is 0 Å². The first kappa shape index (κ1) is 17.1. The van der Waals surface area contributed by atoms with Crippen LogP contribution in [0.2, 0.25) is 0 Å². The molecule has 1 aromatic rings. The summed E-state index contributed by atoms with van der Waals surface area (Å²) in [4.78, 5) is 0.416. The standard InChI is InChI=1S/C15H25NO3S/c1-13(2)14-5-7-15(8-6-14)20(17,18)12-4-9-16-10-11-19-3/h5-8,13,16H,4,9-12H2,1-3H3. The Morgan fingerprint density at radius 1 is 1.15 bits per heavy atom. The van der Waals surface area contributed by atoms with Crippen LogP contribution in [0.4, 0.5) is 0 Å². The molecule has 0 fully saturated rings. The van der Waals surface area contributed by atoms with Gasteiger partial charge in [-0.3, -0.25) is 0 Å². The number of hydrogen-bond donors (Lipinski definition) is 1. The van der Waals surface area contributed by atoms with Crippen LogP contribution in [0, 0.1) is 0 Å². The predicted molar refractivity (Wildman–Crippen MR) is 81.9 cm³/mol. The molecule has 0 unspecified atom stereocenters. The summed E-state index contributed by atoms with van der Waals surface area (Å²) in [6.07, 6.45) is 0.609. The molecule has 1 N–H and O–H groups in total. The second-order valence-corrected chi connectivity index (χ2v) is 7.25. The van der Waals surface area contributed by atoms with Crippen LogP contribution in [-0.2, 0) is 14.6 Å². The molecule has 4 nitrogen and oxygen atoms in total. The number of sulfone groups is 1. The zero-order valence-corrected chi connectivity index (χ0v) is 13.4. The van der Waals surface area contributed by atoms with Crippen molar-refractivity contribution in [1.29, 1.82) is 0 Å². The third-order valence-corrected chi connectivity index (χ3v) is 4.97. The summed E-state index contributed by atoms with van der Waals surface area (Å²) < 4.78 is 29.2. The van der Waals surface area contributed by atoms with Crippen LogP contribution in [0.1, 0.15) is 31.7 Å². The topological polar surface area (TPSA) is 55.4 Å². The van der Waals surface area contributed by atoms with Gasteiger partial charge in [-0.2, -0.15) is 0 Å². The molecule has 114 valence electrons. The molecule has 0 bridgehead atoms. The summed E-state index contributed by atoms with van der Waals surface area (Å²) in [6.45, 7) is 6.26. The average molecular weight is 299 g/mol. The van der Waals surface area contributed by atoms with E-state index >= 15 is 0 Å². The van der Waals surface area contributed by atoms with E-state index in [-0.39, 0.29) is 5.75 Å². The van der Waals surface area contributed by atoms with Gasteiger partial charge in [-0.25, -0.2) is 8.42 Å². The van der Waals surface area contributed by atoms with Crippen molar-refractivity contribution in [3.63, 3.8) is 0 Å². The summed E-state index contributed by atoms with van der Waals surface area (Å²) >= 11 is 0. The van der Waals surface area contributed by atoms with Crippen molar-refractivity contribution < 1.29 is 13.2 Å². The van der Waals surface area contributed by atoms with E-state index < -0.39 is 9.84 Å². The van der Waals surface area contributed by atoms with E-state index in [1.165, 1.54) is 0 Å². The predicted octanol–water partition coefficient (Wildman–Crippen LogP) is 2.21. The first-order valence-electron chi connectivity index (χ1n) is 6.99. The van der Waals surface area contributed by atoms with Crippen LogP contribution in [0.15, 0.2) is 29.2 Å². The van der Waals surface area contributed by atoms with Gasteiger partial charge in [-0.05, 0) is 36.6 Å². The van der Waals surface area contributed by atoms with Gasteiger partial charge in [0.2, 0.25) is 0 Å². The van der Waals surface area contributed by atoms with Gasteiger partial charge in [-0.15, -0.1) is 0 Å². The van der Waals surface area contributed by atoms with Gasteiger partial charge in [0.1, 0.15) is 0 Å². The second kappa shape index (κ2) is 8.39. The fourth-order valence-corrected chi connectivity index (χ4v) is 3.18. The minimum absolute atomic E-state index is 0.175. The smallest absolute Gasteiger partial charge is 0.178 e. The fourth-order valence-electron chi connectivity index (χ4n) is 1.86. The minimum Gasteiger partial charge on any atom is -0.383 e. The van der Waals surface area contributed by atoms with Gasteiger partial charge < -0.3 is 10.1 Å². The number of hydrogen-bond acceptors (Lipinski definition) is 4. The summed E-state index contributed by atoms with van der Waals surface area (Å²) in [5.74, 6) is 0.588. The van der Waals surface area contributed by atoms with Gasteiger partial charge in [0.25, 0.3) is 0 Å². The molecule has 1 aromatic carbocycles. The van der Waals surface area contributed by atoms with Crippen LogP contribution in [0.25, 0.3) is 0 Å². The Bertz CT molecular complexity index is 480. The monoisotopic (exact) mass is 299 g/mol. The number of ether oxygens (including phenoxy) is 1. The van der Waals surface area contributed by atoms with Crippen molar-refractivity contribution in [2.75, 3.05) is 32.6 Å². The van der Waals surface area contributed by atoms with Gasteiger partial charge in [0.05, 0.1) is 17.3 Å². The molecule has 0 atom stereocenters. The van der Waals surface area contributed by atoms with Gasteiger partial charge >= 0.3 is 0 Å². The van der Waals surface area contributed by atoms with Gasteiger partial charge in [-0.1, -0.05) is 26.0 Å². The highest BCUT2D eigenvalue weighted by Crippen LogP contribution is 2.18. The molecule has 0 saturated heterocycles. The molecule has 0 aromatic heterocycles. The Kier molecular flexibility index (Phi) is 7.19. The Morgan fingerprint density at radius 3 is 2.35 bits per heavy atom. The molecule has 0 saturated carbocycles. The lowest BCUT2D eigenvalue weighted by Gasteiger charge is -2.08. The number of rotatable bonds is 9. The highest BCUT2D eigenvalue weighted by molar-refractivity contribution is 7.91. The molecule has 5 heteroatoms. The van der Waals surface area contributed by atoms with Crippen molar-refractivity contribution in [1.82, 2.24) is 5.32 Å². The van der Waals surface area contributed by atoms with Gasteiger partial charge in [0.15, 0.2) is 9.84 Å².